The zero-order valence-corrected chi connectivity index (χ0v) is 12.6. The van der Waals surface area contributed by atoms with Crippen LogP contribution >= 0.6 is 0 Å². The molecule has 0 aromatic heterocycles. The number of fused-ring (bicyclic) bond motifs is 1. The minimum atomic E-state index is -0.442. The van der Waals surface area contributed by atoms with Crippen molar-refractivity contribution >= 4 is 0 Å². The van der Waals surface area contributed by atoms with E-state index >= 15 is 0 Å². The summed E-state index contributed by atoms with van der Waals surface area (Å²) in [6.07, 6.45) is 4.33. The maximum atomic E-state index is 10.2. The molecule has 1 aliphatic heterocycles. The number of hydrogen-bond acceptors (Lipinski definition) is 4. The van der Waals surface area contributed by atoms with E-state index in [0.717, 1.165) is 44.9 Å². The number of nitrogens with zero attached hydrogens (tertiary/aromatic N) is 1. The molecule has 0 spiro atoms. The summed E-state index contributed by atoms with van der Waals surface area (Å²) >= 11 is 0. The predicted molar refractivity (Wildman–Crippen MR) is 81.8 cm³/mol. The third-order valence-corrected chi connectivity index (χ3v) is 4.36. The molecule has 1 saturated heterocycles. The molecule has 1 N–H and O–H groups in total. The molecule has 1 fully saturated rings. The van der Waals surface area contributed by atoms with Gasteiger partial charge in [0, 0.05) is 19.6 Å². The van der Waals surface area contributed by atoms with Crippen molar-refractivity contribution in [3.05, 3.63) is 29.3 Å². The Balaban J connectivity index is 1.52. The van der Waals surface area contributed by atoms with E-state index in [1.807, 2.05) is 6.07 Å². The predicted octanol–water partition coefficient (Wildman–Crippen LogP) is 1.64. The fraction of sp³-hybridized carbons (Fsp3) is 0.647. The maximum Gasteiger partial charge on any atom is 0.122 e. The Labute approximate surface area is 126 Å². The molecule has 1 aromatic carbocycles. The van der Waals surface area contributed by atoms with Gasteiger partial charge >= 0.3 is 0 Å². The largest absolute Gasteiger partial charge is 0.491 e. The molecule has 1 aromatic rings. The second-order valence-electron chi connectivity index (χ2n) is 5.98. The Morgan fingerprint density at radius 3 is 2.86 bits per heavy atom. The number of aryl methyl sites for hydroxylation is 1. The fourth-order valence-electron chi connectivity index (χ4n) is 3.20. The zero-order chi connectivity index (χ0) is 14.5. The van der Waals surface area contributed by atoms with Crippen molar-refractivity contribution in [3.8, 4) is 5.75 Å². The van der Waals surface area contributed by atoms with Crippen LogP contribution in [0.1, 0.15) is 24.0 Å². The van der Waals surface area contributed by atoms with E-state index in [2.05, 4.69) is 17.0 Å². The van der Waals surface area contributed by atoms with Gasteiger partial charge in [-0.2, -0.15) is 0 Å². The van der Waals surface area contributed by atoms with E-state index in [1.54, 1.807) is 0 Å². The summed E-state index contributed by atoms with van der Waals surface area (Å²) in [7, 11) is 0. The number of rotatable bonds is 5. The molecule has 21 heavy (non-hydrogen) atoms. The number of hydrogen-bond donors (Lipinski definition) is 1. The summed E-state index contributed by atoms with van der Waals surface area (Å²) in [4.78, 5) is 2.23. The van der Waals surface area contributed by atoms with Crippen molar-refractivity contribution in [2.45, 2.75) is 31.8 Å². The normalized spacial score (nSPS) is 20.8. The molecule has 0 saturated carbocycles. The van der Waals surface area contributed by atoms with Gasteiger partial charge in [0.05, 0.1) is 13.2 Å². The van der Waals surface area contributed by atoms with Crippen LogP contribution in [0.4, 0.5) is 0 Å². The number of morpholine rings is 1. The number of ether oxygens (including phenoxy) is 2. The Kier molecular flexibility index (Phi) is 5.12. The van der Waals surface area contributed by atoms with E-state index in [9.17, 15) is 5.11 Å². The third kappa shape index (κ3) is 3.96. The molecule has 1 heterocycles. The van der Waals surface area contributed by atoms with Crippen LogP contribution in [0.25, 0.3) is 0 Å². The van der Waals surface area contributed by atoms with Crippen molar-refractivity contribution in [2.75, 3.05) is 39.5 Å². The molecule has 1 atom stereocenters. The van der Waals surface area contributed by atoms with Crippen LogP contribution in [0.5, 0.6) is 5.75 Å². The summed E-state index contributed by atoms with van der Waals surface area (Å²) < 4.78 is 11.2. The van der Waals surface area contributed by atoms with Gasteiger partial charge in [-0.05, 0) is 42.9 Å². The number of β-amino-alcohol motifs (C(OH)–C–C–N with tert-alkyl or cyclic N) is 1. The lowest BCUT2D eigenvalue weighted by Crippen LogP contribution is -2.42. The van der Waals surface area contributed by atoms with Gasteiger partial charge in [0.2, 0.25) is 0 Å². The molecule has 2 aliphatic rings. The highest BCUT2D eigenvalue weighted by Crippen LogP contribution is 2.29. The maximum absolute atomic E-state index is 10.2. The highest BCUT2D eigenvalue weighted by Gasteiger charge is 2.17. The van der Waals surface area contributed by atoms with E-state index < -0.39 is 6.10 Å². The van der Waals surface area contributed by atoms with Crippen LogP contribution in [0.3, 0.4) is 0 Å². The van der Waals surface area contributed by atoms with E-state index in [1.165, 1.54) is 24.0 Å². The van der Waals surface area contributed by atoms with Crippen LogP contribution in [-0.2, 0) is 17.6 Å². The van der Waals surface area contributed by atoms with Gasteiger partial charge in [-0.25, -0.2) is 0 Å². The minimum absolute atomic E-state index is 0.369. The van der Waals surface area contributed by atoms with Crippen LogP contribution in [-0.4, -0.2) is 55.6 Å². The smallest absolute Gasteiger partial charge is 0.122 e. The topological polar surface area (TPSA) is 41.9 Å². The molecular weight excluding hydrogens is 266 g/mol. The van der Waals surface area contributed by atoms with E-state index in [4.69, 9.17) is 9.47 Å². The second kappa shape index (κ2) is 7.25. The minimum Gasteiger partial charge on any atom is -0.491 e. The highest BCUT2D eigenvalue weighted by atomic mass is 16.5. The summed E-state index contributed by atoms with van der Waals surface area (Å²) in [5.74, 6) is 0.966. The fourth-order valence-corrected chi connectivity index (χ4v) is 3.20. The molecule has 0 unspecified atom stereocenters. The number of benzene rings is 1. The quantitative estimate of drug-likeness (QED) is 0.895. The van der Waals surface area contributed by atoms with Gasteiger partial charge in [0.15, 0.2) is 0 Å². The summed E-state index contributed by atoms with van der Waals surface area (Å²) in [6.45, 7) is 4.36. The lowest BCUT2D eigenvalue weighted by atomic mass is 9.91. The van der Waals surface area contributed by atoms with Gasteiger partial charge in [-0.1, -0.05) is 12.1 Å². The van der Waals surface area contributed by atoms with Crippen LogP contribution in [0.2, 0.25) is 0 Å². The number of aliphatic hydroxyl groups excluding tert-OH is 1. The van der Waals surface area contributed by atoms with E-state index in [0.29, 0.717) is 13.2 Å². The van der Waals surface area contributed by atoms with Crippen molar-refractivity contribution in [3.63, 3.8) is 0 Å². The van der Waals surface area contributed by atoms with Crippen LogP contribution in [0.15, 0.2) is 18.2 Å². The van der Waals surface area contributed by atoms with Gasteiger partial charge < -0.3 is 14.6 Å². The average Bonchev–Trinajstić information content (AvgIpc) is 2.54. The summed E-state index contributed by atoms with van der Waals surface area (Å²) in [5.41, 5.74) is 2.77. The first-order chi connectivity index (χ1) is 10.3. The third-order valence-electron chi connectivity index (χ3n) is 4.36. The molecule has 116 valence electrons. The molecule has 0 bridgehead atoms. The van der Waals surface area contributed by atoms with Gasteiger partial charge in [-0.3, -0.25) is 4.90 Å². The van der Waals surface area contributed by atoms with Crippen LogP contribution < -0.4 is 4.74 Å². The van der Waals surface area contributed by atoms with Gasteiger partial charge in [0.1, 0.15) is 18.5 Å². The molecule has 1 aliphatic carbocycles. The van der Waals surface area contributed by atoms with E-state index in [-0.39, 0.29) is 0 Å². The molecular formula is C17H25NO3. The zero-order valence-electron chi connectivity index (χ0n) is 12.6. The Morgan fingerprint density at radius 2 is 2.00 bits per heavy atom. The lowest BCUT2D eigenvalue weighted by Gasteiger charge is -2.28. The van der Waals surface area contributed by atoms with Crippen LogP contribution in [0, 0.1) is 0 Å². The first-order valence-corrected chi connectivity index (χ1v) is 8.04. The van der Waals surface area contributed by atoms with Crippen molar-refractivity contribution < 1.29 is 14.6 Å². The number of aliphatic hydroxyl groups is 1. The molecule has 4 nitrogen and oxygen atoms in total. The highest BCUT2D eigenvalue weighted by molar-refractivity contribution is 5.41. The van der Waals surface area contributed by atoms with Gasteiger partial charge in [-0.15, -0.1) is 0 Å². The molecule has 0 radical (unpaired) electrons. The first-order valence-electron chi connectivity index (χ1n) is 8.04. The average molecular weight is 291 g/mol. The Bertz CT molecular complexity index is 457. The molecule has 4 heteroatoms. The standard InChI is InChI=1S/C17H25NO3/c19-15(12-18-8-10-20-11-9-18)13-21-17-7-3-5-14-4-1-2-6-16(14)17/h3,5,7,15,19H,1-2,4,6,8-13H2/t15-/m1/s1. The summed E-state index contributed by atoms with van der Waals surface area (Å²) in [6, 6.07) is 6.30. The summed E-state index contributed by atoms with van der Waals surface area (Å²) in [5, 5.41) is 10.2. The van der Waals surface area contributed by atoms with Gasteiger partial charge in [0.25, 0.3) is 0 Å². The van der Waals surface area contributed by atoms with Crippen molar-refractivity contribution in [1.29, 1.82) is 0 Å². The lowest BCUT2D eigenvalue weighted by molar-refractivity contribution is 0.00455. The first kappa shape index (κ1) is 14.8. The molecule has 3 rings (SSSR count). The SMILES string of the molecule is O[C@@H](COc1cccc2c1CCCC2)CN1CCOCC1. The Morgan fingerprint density at radius 1 is 1.19 bits per heavy atom. The second-order valence-corrected chi connectivity index (χ2v) is 5.98. The monoisotopic (exact) mass is 291 g/mol. The van der Waals surface area contributed by atoms with Crippen molar-refractivity contribution in [1.82, 2.24) is 4.90 Å². The Hall–Kier alpha value is -1.10. The molecule has 0 amide bonds. The van der Waals surface area contributed by atoms with Crippen molar-refractivity contribution in [2.24, 2.45) is 0 Å².